The number of nitrogens with one attached hydrogen (secondary N) is 2. The summed E-state index contributed by atoms with van der Waals surface area (Å²) >= 11 is 4.50. The minimum absolute atomic E-state index is 0.0623. The number of halogens is 3. The molecular weight excluding hydrogens is 419 g/mol. The summed E-state index contributed by atoms with van der Waals surface area (Å²) < 4.78 is 46.8. The first-order chi connectivity index (χ1) is 14.2. The minimum Gasteiger partial charge on any atom is -0.483 e. The summed E-state index contributed by atoms with van der Waals surface area (Å²) in [4.78, 5) is 16.4. The van der Waals surface area contributed by atoms with Crippen molar-refractivity contribution in [3.05, 3.63) is 53.9 Å². The third kappa shape index (κ3) is 4.71. The monoisotopic (exact) mass is 439 g/mol. The molecule has 2 aliphatic rings. The van der Waals surface area contributed by atoms with Crippen LogP contribution in [0.15, 0.2) is 42.6 Å². The number of hydrogen-bond donors (Lipinski definition) is 3. The molecule has 1 amide bonds. The lowest BCUT2D eigenvalue weighted by atomic mass is 10.0. The van der Waals surface area contributed by atoms with Gasteiger partial charge in [-0.25, -0.2) is 4.98 Å². The molecule has 2 heterocycles. The molecule has 1 aromatic heterocycles. The lowest BCUT2D eigenvalue weighted by molar-refractivity contribution is -0.153. The summed E-state index contributed by atoms with van der Waals surface area (Å²) in [5.74, 6) is -0.178. The molecule has 1 saturated heterocycles. The number of anilines is 1. The van der Waals surface area contributed by atoms with Crippen LogP contribution in [0.5, 0.6) is 5.75 Å². The zero-order valence-corrected chi connectivity index (χ0v) is 16.7. The number of aromatic nitrogens is 1. The van der Waals surface area contributed by atoms with Crippen LogP contribution in [0.4, 0.5) is 18.9 Å². The summed E-state index contributed by atoms with van der Waals surface area (Å²) in [6.45, 7) is -0.221. The summed E-state index contributed by atoms with van der Waals surface area (Å²) in [5.41, 5.74) is 1.50. The van der Waals surface area contributed by atoms with Crippen LogP contribution in [0.2, 0.25) is 0 Å². The molecule has 0 radical (unpaired) electrons. The van der Waals surface area contributed by atoms with Crippen LogP contribution in [-0.4, -0.2) is 42.3 Å². The Morgan fingerprint density at radius 2 is 2.17 bits per heavy atom. The zero-order valence-electron chi connectivity index (χ0n) is 15.8. The molecule has 2 fully saturated rings. The zero-order chi connectivity index (χ0) is 21.4. The predicted octanol–water partition coefficient (Wildman–Crippen LogP) is 3.37. The number of carbonyl (C=O) groups excluding carboxylic acids is 1. The van der Waals surface area contributed by atoms with Crippen LogP contribution in [-0.2, 0) is 10.3 Å². The number of pyridine rings is 1. The number of nitrogens with zero attached hydrogens (tertiary/aromatic N) is 1. The largest absolute Gasteiger partial charge is 0.483 e. The number of benzene rings is 1. The summed E-state index contributed by atoms with van der Waals surface area (Å²) in [6.07, 6.45) is -2.41. The van der Waals surface area contributed by atoms with Gasteiger partial charge in [0.15, 0.2) is 6.61 Å². The second-order valence-electron chi connectivity index (χ2n) is 7.39. The highest BCUT2D eigenvalue weighted by molar-refractivity contribution is 7.80. The van der Waals surface area contributed by atoms with E-state index in [0.29, 0.717) is 24.8 Å². The summed E-state index contributed by atoms with van der Waals surface area (Å²) in [7, 11) is 0. The molecule has 6 nitrogen and oxygen atoms in total. The fraction of sp³-hybridized carbons (Fsp3) is 0.400. The van der Waals surface area contributed by atoms with Crippen molar-refractivity contribution in [3.63, 3.8) is 0 Å². The van der Waals surface area contributed by atoms with Crippen molar-refractivity contribution in [1.29, 1.82) is 0 Å². The van der Waals surface area contributed by atoms with E-state index in [0.717, 1.165) is 18.2 Å². The number of fused-ring (bicyclic) bond motifs is 1. The van der Waals surface area contributed by atoms with E-state index < -0.39 is 18.7 Å². The predicted molar refractivity (Wildman–Crippen MR) is 107 cm³/mol. The van der Waals surface area contributed by atoms with E-state index in [1.54, 1.807) is 6.07 Å². The van der Waals surface area contributed by atoms with Crippen LogP contribution >= 0.6 is 12.6 Å². The average molecular weight is 439 g/mol. The van der Waals surface area contributed by atoms with Gasteiger partial charge in [-0.3, -0.25) is 10.1 Å². The molecule has 30 heavy (non-hydrogen) atoms. The number of carbonyl (C=O) groups is 1. The first kappa shape index (κ1) is 21.0. The third-order valence-electron chi connectivity index (χ3n) is 5.13. The molecule has 2 aromatic rings. The Bertz CT molecular complexity index is 926. The van der Waals surface area contributed by atoms with Gasteiger partial charge in [0.1, 0.15) is 11.4 Å². The lowest BCUT2D eigenvalue weighted by Crippen LogP contribution is -2.37. The molecule has 1 aliphatic heterocycles. The molecule has 2 N–H and O–H groups in total. The van der Waals surface area contributed by atoms with E-state index in [4.69, 9.17) is 4.74 Å². The number of thiol groups is 1. The second kappa shape index (κ2) is 8.09. The number of rotatable bonds is 5. The van der Waals surface area contributed by atoms with Crippen LogP contribution in [0, 0.1) is 5.92 Å². The van der Waals surface area contributed by atoms with Gasteiger partial charge in [0.05, 0.1) is 24.8 Å². The van der Waals surface area contributed by atoms with Gasteiger partial charge < -0.3 is 14.8 Å². The van der Waals surface area contributed by atoms with E-state index in [1.165, 1.54) is 12.1 Å². The van der Waals surface area contributed by atoms with Gasteiger partial charge in [-0.1, -0.05) is 12.1 Å². The Balaban J connectivity index is 1.42. The molecule has 4 rings (SSSR count). The first-order valence-electron chi connectivity index (χ1n) is 9.36. The Kier molecular flexibility index (Phi) is 5.65. The van der Waals surface area contributed by atoms with E-state index in [2.05, 4.69) is 33.0 Å². The van der Waals surface area contributed by atoms with Crippen molar-refractivity contribution in [2.24, 2.45) is 5.92 Å². The number of ether oxygens (including phenoxy) is 2. The maximum Gasteiger partial charge on any atom is 0.422 e. The minimum atomic E-state index is -4.44. The molecular formula is C20H20F3N3O3S. The highest BCUT2D eigenvalue weighted by Crippen LogP contribution is 2.53. The molecule has 3 unspecified atom stereocenters. The van der Waals surface area contributed by atoms with Crippen molar-refractivity contribution in [3.8, 4) is 5.75 Å². The van der Waals surface area contributed by atoms with Gasteiger partial charge >= 0.3 is 6.18 Å². The first-order valence-corrected chi connectivity index (χ1v) is 9.88. The molecule has 1 saturated carbocycles. The van der Waals surface area contributed by atoms with Crippen molar-refractivity contribution >= 4 is 24.2 Å². The second-order valence-corrected chi connectivity index (χ2v) is 8.01. The van der Waals surface area contributed by atoms with Gasteiger partial charge in [-0.15, -0.1) is 0 Å². The SMILES string of the molecule is O=C(Nc1cccc(C23CC2COCC(S)N3)c1)c1ccc(OCC(F)(F)F)cn1. The Labute approximate surface area is 176 Å². The molecule has 1 aliphatic carbocycles. The van der Waals surface area contributed by atoms with Crippen LogP contribution in [0.1, 0.15) is 22.5 Å². The smallest absolute Gasteiger partial charge is 0.422 e. The molecule has 1 aromatic carbocycles. The summed E-state index contributed by atoms with van der Waals surface area (Å²) in [6, 6.07) is 10.1. The number of hydrogen-bond acceptors (Lipinski definition) is 6. The van der Waals surface area contributed by atoms with Crippen molar-refractivity contribution in [2.45, 2.75) is 23.5 Å². The van der Waals surface area contributed by atoms with Crippen molar-refractivity contribution in [2.75, 3.05) is 25.1 Å². The van der Waals surface area contributed by atoms with Crippen LogP contribution < -0.4 is 15.4 Å². The molecule has 3 atom stereocenters. The van der Waals surface area contributed by atoms with Gasteiger partial charge in [-0.05, 0) is 36.2 Å². The number of alkyl halides is 3. The quantitative estimate of drug-likeness (QED) is 0.624. The van der Waals surface area contributed by atoms with Gasteiger partial charge in [0, 0.05) is 17.1 Å². The topological polar surface area (TPSA) is 72.5 Å². The van der Waals surface area contributed by atoms with Gasteiger partial charge in [0.25, 0.3) is 5.91 Å². The standard InChI is InChI=1S/C20H20F3N3O3S/c21-20(22,23)11-29-15-4-5-16(24-8-15)18(27)25-14-3-1-2-12(6-14)19-7-13(19)9-28-10-17(30)26-19/h1-6,8,13,17,26,30H,7,9-11H2,(H,25,27). The molecule has 0 bridgehead atoms. The van der Waals surface area contributed by atoms with Crippen LogP contribution in [0.25, 0.3) is 0 Å². The molecule has 10 heteroatoms. The highest BCUT2D eigenvalue weighted by Gasteiger charge is 2.57. The molecule has 160 valence electrons. The number of amides is 1. The molecule has 0 spiro atoms. The highest BCUT2D eigenvalue weighted by atomic mass is 32.1. The normalized spacial score (nSPS) is 25.7. The van der Waals surface area contributed by atoms with E-state index in [-0.39, 0.29) is 22.4 Å². The van der Waals surface area contributed by atoms with Gasteiger partial charge in [0.2, 0.25) is 0 Å². The Morgan fingerprint density at radius 1 is 1.33 bits per heavy atom. The lowest BCUT2D eigenvalue weighted by Gasteiger charge is -2.22. The summed E-state index contributed by atoms with van der Waals surface area (Å²) in [5, 5.41) is 6.21. The van der Waals surface area contributed by atoms with E-state index in [1.807, 2.05) is 18.2 Å². The Hall–Kier alpha value is -2.30. The van der Waals surface area contributed by atoms with E-state index >= 15 is 0 Å². The van der Waals surface area contributed by atoms with E-state index in [9.17, 15) is 18.0 Å². The van der Waals surface area contributed by atoms with Crippen LogP contribution in [0.3, 0.4) is 0 Å². The fourth-order valence-corrected chi connectivity index (χ4v) is 3.98. The maximum atomic E-state index is 12.5. The van der Waals surface area contributed by atoms with Gasteiger partial charge in [-0.2, -0.15) is 25.8 Å². The van der Waals surface area contributed by atoms with Crippen molar-refractivity contribution in [1.82, 2.24) is 10.3 Å². The maximum absolute atomic E-state index is 12.5. The third-order valence-corrected chi connectivity index (χ3v) is 5.41. The fourth-order valence-electron chi connectivity index (χ4n) is 3.64. The van der Waals surface area contributed by atoms with Crippen molar-refractivity contribution < 1.29 is 27.4 Å². The Morgan fingerprint density at radius 3 is 2.90 bits per heavy atom. The average Bonchev–Trinajstić information content (AvgIpc) is 3.41.